The molecule has 0 spiro atoms. The Kier molecular flexibility index (Phi) is 17.7. The average molecular weight is 328 g/mol. The number of aliphatic hydroxyl groups is 2. The van der Waals surface area contributed by atoms with Crippen LogP contribution in [0, 0.1) is 0 Å². The normalized spacial score (nSPS) is 14.4. The molecule has 0 radical (unpaired) electrons. The topological polar surface area (TPSA) is 66.5 Å². The van der Waals surface area contributed by atoms with Gasteiger partial charge >= 0.3 is 0 Å². The average Bonchev–Trinajstić information content (AvgIpc) is 2.57. The minimum Gasteiger partial charge on any atom is -0.395 e. The molecule has 0 amide bonds. The van der Waals surface area contributed by atoms with Gasteiger partial charge in [-0.05, 0) is 12.8 Å². The zero-order chi connectivity index (χ0) is 17.2. The molecule has 0 aromatic rings. The van der Waals surface area contributed by atoms with Crippen molar-refractivity contribution in [1.82, 2.24) is 0 Å². The molecule has 23 heavy (non-hydrogen) atoms. The van der Waals surface area contributed by atoms with E-state index in [9.17, 15) is 5.11 Å². The van der Waals surface area contributed by atoms with Gasteiger partial charge in [0.05, 0.1) is 18.8 Å². The van der Waals surface area contributed by atoms with Crippen molar-refractivity contribution in [2.75, 3.05) is 6.61 Å². The van der Waals surface area contributed by atoms with Gasteiger partial charge in [0, 0.05) is 0 Å². The number of hydrogen-bond acceptors (Lipinski definition) is 3. The van der Waals surface area contributed by atoms with E-state index >= 15 is 0 Å². The van der Waals surface area contributed by atoms with Crippen LogP contribution in [0.15, 0.2) is 12.2 Å². The fraction of sp³-hybridized carbons (Fsp3) is 0.900. The Hall–Kier alpha value is -0.380. The second-order valence-electron chi connectivity index (χ2n) is 6.80. The van der Waals surface area contributed by atoms with Gasteiger partial charge in [0.25, 0.3) is 0 Å². The number of rotatable bonds is 17. The second kappa shape index (κ2) is 18.0. The van der Waals surface area contributed by atoms with E-state index in [-0.39, 0.29) is 6.61 Å². The molecule has 0 heterocycles. The molecule has 0 bridgehead atoms. The zero-order valence-electron chi connectivity index (χ0n) is 15.4. The first-order chi connectivity index (χ1) is 11.2. The molecule has 0 rings (SSSR count). The van der Waals surface area contributed by atoms with Crippen LogP contribution in [0.1, 0.15) is 96.8 Å². The monoisotopic (exact) mass is 327 g/mol. The SMILES string of the molecule is CCCCCCCCCCCCCCC/C=C/C(O)C(N)CO. The van der Waals surface area contributed by atoms with Crippen LogP contribution in [0.3, 0.4) is 0 Å². The van der Waals surface area contributed by atoms with E-state index in [0.717, 1.165) is 6.42 Å². The molecule has 4 N–H and O–H groups in total. The smallest absolute Gasteiger partial charge is 0.0894 e. The van der Waals surface area contributed by atoms with E-state index in [1.165, 1.54) is 83.5 Å². The zero-order valence-corrected chi connectivity index (χ0v) is 15.4. The van der Waals surface area contributed by atoms with Gasteiger partial charge in [-0.25, -0.2) is 0 Å². The predicted molar refractivity (Wildman–Crippen MR) is 101 cm³/mol. The van der Waals surface area contributed by atoms with Crippen LogP contribution in [0.25, 0.3) is 0 Å². The number of hydrogen-bond donors (Lipinski definition) is 3. The van der Waals surface area contributed by atoms with Crippen molar-refractivity contribution in [1.29, 1.82) is 0 Å². The fourth-order valence-corrected chi connectivity index (χ4v) is 2.77. The highest BCUT2D eigenvalue weighted by Gasteiger charge is 2.08. The number of aliphatic hydroxyl groups excluding tert-OH is 2. The molecule has 2 atom stereocenters. The molecule has 3 heteroatoms. The van der Waals surface area contributed by atoms with E-state index in [2.05, 4.69) is 6.92 Å². The van der Waals surface area contributed by atoms with Gasteiger partial charge in [0.15, 0.2) is 0 Å². The highest BCUT2D eigenvalue weighted by molar-refractivity contribution is 4.93. The van der Waals surface area contributed by atoms with E-state index in [1.807, 2.05) is 6.08 Å². The minimum absolute atomic E-state index is 0.176. The van der Waals surface area contributed by atoms with Crippen LogP contribution >= 0.6 is 0 Å². The third-order valence-corrected chi connectivity index (χ3v) is 4.46. The lowest BCUT2D eigenvalue weighted by Crippen LogP contribution is -2.36. The molecule has 0 aromatic carbocycles. The summed E-state index contributed by atoms with van der Waals surface area (Å²) in [6.45, 7) is 2.09. The van der Waals surface area contributed by atoms with Crippen LogP contribution in [0.2, 0.25) is 0 Å². The third kappa shape index (κ3) is 16.3. The molecule has 0 aromatic heterocycles. The van der Waals surface area contributed by atoms with Crippen molar-refractivity contribution >= 4 is 0 Å². The maximum absolute atomic E-state index is 9.55. The Morgan fingerprint density at radius 2 is 1.22 bits per heavy atom. The van der Waals surface area contributed by atoms with Gasteiger partial charge < -0.3 is 15.9 Å². The number of nitrogens with two attached hydrogens (primary N) is 1. The summed E-state index contributed by atoms with van der Waals surface area (Å²) in [7, 11) is 0. The Balaban J connectivity index is 3.17. The molecule has 0 aliphatic rings. The second-order valence-corrected chi connectivity index (χ2v) is 6.80. The van der Waals surface area contributed by atoms with Crippen molar-refractivity contribution in [2.24, 2.45) is 5.73 Å². The lowest BCUT2D eigenvalue weighted by atomic mass is 10.0. The molecule has 2 unspecified atom stereocenters. The lowest BCUT2D eigenvalue weighted by molar-refractivity contribution is 0.144. The van der Waals surface area contributed by atoms with Crippen molar-refractivity contribution in [3.8, 4) is 0 Å². The van der Waals surface area contributed by atoms with E-state index in [1.54, 1.807) is 6.08 Å². The van der Waals surface area contributed by atoms with Crippen LogP contribution in [-0.4, -0.2) is 29.0 Å². The maximum atomic E-state index is 9.55. The summed E-state index contributed by atoms with van der Waals surface area (Å²) < 4.78 is 0. The van der Waals surface area contributed by atoms with Gasteiger partial charge in [-0.2, -0.15) is 0 Å². The predicted octanol–water partition coefficient (Wildman–Crippen LogP) is 4.70. The summed E-state index contributed by atoms with van der Waals surface area (Å²) in [4.78, 5) is 0. The Bertz CT molecular complexity index is 256. The summed E-state index contributed by atoms with van der Waals surface area (Å²) >= 11 is 0. The summed E-state index contributed by atoms with van der Waals surface area (Å²) in [5.74, 6) is 0. The van der Waals surface area contributed by atoms with Crippen molar-refractivity contribution in [2.45, 2.75) is 109 Å². The van der Waals surface area contributed by atoms with Crippen LogP contribution < -0.4 is 5.73 Å². The highest BCUT2D eigenvalue weighted by atomic mass is 16.3. The lowest BCUT2D eigenvalue weighted by Gasteiger charge is -2.11. The number of allylic oxidation sites excluding steroid dienone is 1. The minimum atomic E-state index is -0.720. The summed E-state index contributed by atoms with van der Waals surface area (Å²) in [6, 6.07) is -0.558. The van der Waals surface area contributed by atoms with Crippen LogP contribution in [0.5, 0.6) is 0 Å². The first-order valence-electron chi connectivity index (χ1n) is 9.93. The molecule has 0 aliphatic heterocycles. The van der Waals surface area contributed by atoms with E-state index in [4.69, 9.17) is 10.8 Å². The van der Waals surface area contributed by atoms with Gasteiger partial charge in [0.2, 0.25) is 0 Å². The summed E-state index contributed by atoms with van der Waals surface area (Å²) in [5.41, 5.74) is 5.53. The molecule has 0 aliphatic carbocycles. The first kappa shape index (κ1) is 22.6. The molecule has 0 saturated carbocycles. The van der Waals surface area contributed by atoms with Gasteiger partial charge in [-0.15, -0.1) is 0 Å². The first-order valence-corrected chi connectivity index (χ1v) is 9.93. The van der Waals surface area contributed by atoms with Crippen molar-refractivity contribution < 1.29 is 10.2 Å². The largest absolute Gasteiger partial charge is 0.395 e. The van der Waals surface area contributed by atoms with Crippen molar-refractivity contribution in [3.63, 3.8) is 0 Å². The molecule has 138 valence electrons. The maximum Gasteiger partial charge on any atom is 0.0894 e. The molecular formula is C20H41NO2. The van der Waals surface area contributed by atoms with E-state index in [0.29, 0.717) is 0 Å². The van der Waals surface area contributed by atoms with Gasteiger partial charge in [-0.1, -0.05) is 96.1 Å². The summed E-state index contributed by atoms with van der Waals surface area (Å²) in [5, 5.41) is 18.4. The fourth-order valence-electron chi connectivity index (χ4n) is 2.77. The number of unbranched alkanes of at least 4 members (excludes halogenated alkanes) is 13. The van der Waals surface area contributed by atoms with Crippen LogP contribution in [-0.2, 0) is 0 Å². The molecular weight excluding hydrogens is 286 g/mol. The van der Waals surface area contributed by atoms with Gasteiger partial charge in [0.1, 0.15) is 0 Å². The van der Waals surface area contributed by atoms with Gasteiger partial charge in [-0.3, -0.25) is 0 Å². The Labute approximate surface area is 144 Å². The standard InChI is InChI=1S/C20H41NO2/c1-2-3-4-5-6-7-8-9-10-11-12-13-14-15-16-17-20(23)19(21)18-22/h16-17,19-20,22-23H,2-15,18,21H2,1H3/b17-16+. The summed E-state index contributed by atoms with van der Waals surface area (Å²) in [6.07, 6.45) is 21.7. The molecule has 3 nitrogen and oxygen atoms in total. The quantitative estimate of drug-likeness (QED) is 0.268. The Morgan fingerprint density at radius 1 is 0.783 bits per heavy atom. The van der Waals surface area contributed by atoms with E-state index < -0.39 is 12.1 Å². The molecule has 0 fully saturated rings. The molecule has 0 saturated heterocycles. The van der Waals surface area contributed by atoms with Crippen molar-refractivity contribution in [3.05, 3.63) is 12.2 Å². The highest BCUT2D eigenvalue weighted by Crippen LogP contribution is 2.13. The Morgan fingerprint density at radius 3 is 1.65 bits per heavy atom. The van der Waals surface area contributed by atoms with Crippen LogP contribution in [0.4, 0.5) is 0 Å². The third-order valence-electron chi connectivity index (χ3n) is 4.46.